The van der Waals surface area contributed by atoms with Crippen LogP contribution in [-0.2, 0) is 14.8 Å². The van der Waals surface area contributed by atoms with Crippen molar-refractivity contribution in [3.05, 3.63) is 77.1 Å². The summed E-state index contributed by atoms with van der Waals surface area (Å²) in [7, 11) is -1.59. The van der Waals surface area contributed by atoms with Gasteiger partial charge >= 0.3 is 0 Å². The highest BCUT2D eigenvalue weighted by molar-refractivity contribution is 7.92. The molecule has 0 aliphatic carbocycles. The van der Waals surface area contributed by atoms with Crippen LogP contribution >= 0.6 is 11.6 Å². The number of para-hydroxylation sites is 1. The molecular weight excluding hydrogens is 471 g/mol. The van der Waals surface area contributed by atoms with Crippen molar-refractivity contribution in [2.24, 2.45) is 0 Å². The number of hydrogen-bond acceptors (Lipinski definition) is 5. The van der Waals surface area contributed by atoms with Crippen LogP contribution in [0.15, 0.2) is 65.6 Å². The summed E-state index contributed by atoms with van der Waals surface area (Å²) in [6, 6.07) is 14.2. The van der Waals surface area contributed by atoms with Crippen LogP contribution in [0, 0.1) is 12.7 Å². The molecule has 1 amide bonds. The molecule has 1 N–H and O–H groups in total. The lowest BCUT2D eigenvalue weighted by molar-refractivity contribution is -0.114. The van der Waals surface area contributed by atoms with Gasteiger partial charge in [-0.15, -0.1) is 0 Å². The van der Waals surface area contributed by atoms with Crippen molar-refractivity contribution in [2.45, 2.75) is 11.8 Å². The molecule has 3 aromatic rings. The van der Waals surface area contributed by atoms with Crippen LogP contribution in [0.25, 0.3) is 0 Å². The molecule has 7 nitrogen and oxygen atoms in total. The lowest BCUT2D eigenvalue weighted by atomic mass is 10.2. The van der Waals surface area contributed by atoms with E-state index in [0.29, 0.717) is 26.3 Å². The Morgan fingerprint density at radius 1 is 1.03 bits per heavy atom. The van der Waals surface area contributed by atoms with Gasteiger partial charge in [-0.3, -0.25) is 9.10 Å². The highest BCUT2D eigenvalue weighted by atomic mass is 35.5. The summed E-state index contributed by atoms with van der Waals surface area (Å²) in [5, 5.41) is 3.08. The van der Waals surface area contributed by atoms with E-state index in [1.54, 1.807) is 25.1 Å². The Bertz CT molecular complexity index is 1280. The number of rotatable bonds is 8. The number of anilines is 2. The van der Waals surface area contributed by atoms with Gasteiger partial charge in [0.2, 0.25) is 5.91 Å². The standard InChI is InChI=1S/C23H22ClFN2O5S/c1-15-17(24)7-6-9-19(15)26-23(28)14-27(20-10-5-4-8-18(20)25)33(29,30)16-11-12-21(31-2)22(13-16)32-3/h4-13H,14H2,1-3H3,(H,26,28). The second kappa shape index (κ2) is 10.1. The van der Waals surface area contributed by atoms with Gasteiger partial charge in [0.25, 0.3) is 10.0 Å². The van der Waals surface area contributed by atoms with E-state index in [-0.39, 0.29) is 16.3 Å². The van der Waals surface area contributed by atoms with Gasteiger partial charge in [-0.1, -0.05) is 29.8 Å². The summed E-state index contributed by atoms with van der Waals surface area (Å²) in [5.74, 6) is -0.977. The molecule has 0 fully saturated rings. The monoisotopic (exact) mass is 492 g/mol. The van der Waals surface area contributed by atoms with Gasteiger partial charge in [0, 0.05) is 16.8 Å². The van der Waals surface area contributed by atoms with Gasteiger partial charge in [0.05, 0.1) is 24.8 Å². The Hall–Kier alpha value is -3.30. The lowest BCUT2D eigenvalue weighted by Crippen LogP contribution is -2.38. The summed E-state index contributed by atoms with van der Waals surface area (Å²) < 4.78 is 52.7. The summed E-state index contributed by atoms with van der Waals surface area (Å²) >= 11 is 6.10. The van der Waals surface area contributed by atoms with Crippen LogP contribution < -0.4 is 19.1 Å². The Labute approximate surface area is 196 Å². The number of methoxy groups -OCH3 is 2. The number of ether oxygens (including phenoxy) is 2. The molecule has 0 unspecified atom stereocenters. The number of benzene rings is 3. The largest absolute Gasteiger partial charge is 0.493 e. The molecule has 10 heteroatoms. The Morgan fingerprint density at radius 3 is 2.39 bits per heavy atom. The van der Waals surface area contributed by atoms with Crippen molar-refractivity contribution in [3.8, 4) is 11.5 Å². The van der Waals surface area contributed by atoms with E-state index < -0.39 is 28.3 Å². The summed E-state index contributed by atoms with van der Waals surface area (Å²) in [5.41, 5.74) is 0.766. The Morgan fingerprint density at radius 2 is 1.73 bits per heavy atom. The zero-order valence-electron chi connectivity index (χ0n) is 18.1. The summed E-state index contributed by atoms with van der Waals surface area (Å²) in [4.78, 5) is 12.6. The van der Waals surface area contributed by atoms with Crippen molar-refractivity contribution >= 4 is 38.9 Å². The maximum atomic E-state index is 14.6. The number of hydrogen-bond donors (Lipinski definition) is 1. The molecule has 0 atom stereocenters. The molecular formula is C23H22ClFN2O5S. The van der Waals surface area contributed by atoms with E-state index in [1.165, 1.54) is 50.6 Å². The van der Waals surface area contributed by atoms with E-state index in [2.05, 4.69) is 5.32 Å². The highest BCUT2D eigenvalue weighted by Gasteiger charge is 2.30. The number of amides is 1. The fraction of sp³-hybridized carbons (Fsp3) is 0.174. The van der Waals surface area contributed by atoms with Gasteiger partial charge in [-0.05, 0) is 48.9 Å². The molecule has 0 aliphatic heterocycles. The third-order valence-electron chi connectivity index (χ3n) is 4.89. The molecule has 3 aromatic carbocycles. The predicted octanol–water partition coefficient (Wildman–Crippen LogP) is 4.64. The lowest BCUT2D eigenvalue weighted by Gasteiger charge is -2.25. The fourth-order valence-electron chi connectivity index (χ4n) is 3.12. The van der Waals surface area contributed by atoms with E-state index in [0.717, 1.165) is 6.07 Å². The second-order valence-electron chi connectivity index (χ2n) is 6.94. The first-order valence-corrected chi connectivity index (χ1v) is 11.5. The van der Waals surface area contributed by atoms with Crippen molar-refractivity contribution in [3.63, 3.8) is 0 Å². The average molecular weight is 493 g/mol. The zero-order valence-corrected chi connectivity index (χ0v) is 19.7. The minimum atomic E-state index is -4.37. The van der Waals surface area contributed by atoms with E-state index in [9.17, 15) is 17.6 Å². The molecule has 0 bridgehead atoms. The van der Waals surface area contributed by atoms with Crippen LogP contribution in [0.4, 0.5) is 15.8 Å². The summed E-state index contributed by atoms with van der Waals surface area (Å²) in [6.45, 7) is 1.04. The molecule has 0 heterocycles. The normalized spacial score (nSPS) is 11.1. The molecule has 33 heavy (non-hydrogen) atoms. The molecule has 3 rings (SSSR count). The number of nitrogens with one attached hydrogen (secondary N) is 1. The maximum Gasteiger partial charge on any atom is 0.265 e. The molecule has 0 aromatic heterocycles. The topological polar surface area (TPSA) is 84.9 Å². The molecule has 0 radical (unpaired) electrons. The van der Waals surface area contributed by atoms with E-state index >= 15 is 0 Å². The Kier molecular flexibility index (Phi) is 7.45. The molecule has 174 valence electrons. The minimum absolute atomic E-state index is 0.172. The van der Waals surface area contributed by atoms with Crippen molar-refractivity contribution in [2.75, 3.05) is 30.4 Å². The van der Waals surface area contributed by atoms with Gasteiger partial charge in [0.15, 0.2) is 11.5 Å². The zero-order chi connectivity index (χ0) is 24.2. The first-order valence-electron chi connectivity index (χ1n) is 9.73. The van der Waals surface area contributed by atoms with Crippen LogP contribution in [-0.4, -0.2) is 35.1 Å². The maximum absolute atomic E-state index is 14.6. The van der Waals surface area contributed by atoms with Crippen molar-refractivity contribution < 1.29 is 27.1 Å². The van der Waals surface area contributed by atoms with Gasteiger partial charge < -0.3 is 14.8 Å². The van der Waals surface area contributed by atoms with Gasteiger partial charge in [-0.25, -0.2) is 12.8 Å². The van der Waals surface area contributed by atoms with Crippen molar-refractivity contribution in [1.29, 1.82) is 0 Å². The smallest absolute Gasteiger partial charge is 0.265 e. The first kappa shape index (κ1) is 24.3. The number of carbonyl (C=O) groups excluding carboxylic acids is 1. The quantitative estimate of drug-likeness (QED) is 0.495. The summed E-state index contributed by atoms with van der Waals surface area (Å²) in [6.07, 6.45) is 0. The van der Waals surface area contributed by atoms with Gasteiger partial charge in [-0.2, -0.15) is 0 Å². The number of sulfonamides is 1. The van der Waals surface area contributed by atoms with E-state index in [1.807, 2.05) is 0 Å². The van der Waals surface area contributed by atoms with E-state index in [4.69, 9.17) is 21.1 Å². The minimum Gasteiger partial charge on any atom is -0.493 e. The predicted molar refractivity (Wildman–Crippen MR) is 125 cm³/mol. The fourth-order valence-corrected chi connectivity index (χ4v) is 4.74. The molecule has 0 aliphatic rings. The molecule has 0 saturated heterocycles. The number of carbonyl (C=O) groups is 1. The Balaban J connectivity index is 2.02. The number of nitrogens with zero attached hydrogens (tertiary/aromatic N) is 1. The highest BCUT2D eigenvalue weighted by Crippen LogP contribution is 2.33. The van der Waals surface area contributed by atoms with Gasteiger partial charge in [0.1, 0.15) is 12.4 Å². The van der Waals surface area contributed by atoms with Crippen LogP contribution in [0.3, 0.4) is 0 Å². The van der Waals surface area contributed by atoms with Crippen LogP contribution in [0.2, 0.25) is 5.02 Å². The average Bonchev–Trinajstić information content (AvgIpc) is 2.80. The SMILES string of the molecule is COc1ccc(S(=O)(=O)N(CC(=O)Nc2cccc(Cl)c2C)c2ccccc2F)cc1OC. The molecule has 0 saturated carbocycles. The third-order valence-corrected chi connectivity index (χ3v) is 7.06. The number of halogens is 2. The van der Waals surface area contributed by atoms with Crippen molar-refractivity contribution in [1.82, 2.24) is 0 Å². The third kappa shape index (κ3) is 5.20. The van der Waals surface area contributed by atoms with Crippen LogP contribution in [0.1, 0.15) is 5.56 Å². The molecule has 0 spiro atoms. The van der Waals surface area contributed by atoms with Crippen LogP contribution in [0.5, 0.6) is 11.5 Å². The second-order valence-corrected chi connectivity index (χ2v) is 9.21. The first-order chi connectivity index (χ1) is 15.7.